The normalized spacial score (nSPS) is 13.3. The van der Waals surface area contributed by atoms with E-state index in [4.69, 9.17) is 0 Å². The Morgan fingerprint density at radius 2 is 1.67 bits per heavy atom. The van der Waals surface area contributed by atoms with E-state index in [1.165, 1.54) is 5.56 Å². The van der Waals surface area contributed by atoms with E-state index in [0.29, 0.717) is 0 Å². The van der Waals surface area contributed by atoms with E-state index in [1.54, 1.807) is 0 Å². The molecule has 0 aliphatic heterocycles. The smallest absolute Gasteiger partial charge is 0.216 e. The van der Waals surface area contributed by atoms with Crippen molar-refractivity contribution < 1.29 is 8.42 Å². The highest BCUT2D eigenvalue weighted by atomic mass is 32.2. The Morgan fingerprint density at radius 1 is 1.05 bits per heavy atom. The zero-order valence-corrected chi connectivity index (χ0v) is 14.2. The van der Waals surface area contributed by atoms with Crippen molar-refractivity contribution in [1.29, 1.82) is 0 Å². The standard InChI is InChI=1S/C16H28N2O2S/c1-4-7-16(5-2)18-21(19,20)13-15-10-8-14(9-11-15)12-17-6-3/h8-11,16-18H,4-7,12-13H2,1-3H3. The first-order valence-electron chi connectivity index (χ1n) is 7.79. The Hall–Kier alpha value is -0.910. The Bertz CT molecular complexity index is 498. The molecule has 1 aromatic rings. The molecule has 1 atom stereocenters. The van der Waals surface area contributed by atoms with Crippen LogP contribution in [-0.2, 0) is 22.3 Å². The molecule has 1 rings (SSSR count). The zero-order chi connectivity index (χ0) is 15.7. The molecule has 0 aromatic heterocycles. The van der Waals surface area contributed by atoms with Crippen LogP contribution in [0, 0.1) is 0 Å². The summed E-state index contributed by atoms with van der Waals surface area (Å²) in [6.07, 6.45) is 2.70. The van der Waals surface area contributed by atoms with E-state index in [9.17, 15) is 8.42 Å². The first-order valence-corrected chi connectivity index (χ1v) is 9.44. The second kappa shape index (κ2) is 9.18. The summed E-state index contributed by atoms with van der Waals surface area (Å²) in [6.45, 7) is 7.89. The van der Waals surface area contributed by atoms with Gasteiger partial charge in [0.1, 0.15) is 0 Å². The van der Waals surface area contributed by atoms with E-state index in [2.05, 4.69) is 23.9 Å². The fraction of sp³-hybridized carbons (Fsp3) is 0.625. The van der Waals surface area contributed by atoms with Crippen LogP contribution in [0.1, 0.15) is 51.2 Å². The molecule has 0 heterocycles. The third-order valence-electron chi connectivity index (χ3n) is 3.43. The largest absolute Gasteiger partial charge is 0.313 e. The number of rotatable bonds is 10. The molecule has 0 aliphatic rings. The molecule has 0 amide bonds. The second-order valence-electron chi connectivity index (χ2n) is 5.37. The fourth-order valence-electron chi connectivity index (χ4n) is 2.23. The van der Waals surface area contributed by atoms with Gasteiger partial charge < -0.3 is 5.32 Å². The monoisotopic (exact) mass is 312 g/mol. The van der Waals surface area contributed by atoms with Crippen molar-refractivity contribution in [2.75, 3.05) is 6.54 Å². The van der Waals surface area contributed by atoms with Crippen molar-refractivity contribution in [3.63, 3.8) is 0 Å². The Balaban J connectivity index is 2.62. The van der Waals surface area contributed by atoms with E-state index in [0.717, 1.165) is 37.9 Å². The minimum atomic E-state index is -3.26. The molecule has 0 aliphatic carbocycles. The summed E-state index contributed by atoms with van der Waals surface area (Å²) in [5, 5.41) is 3.25. The van der Waals surface area contributed by atoms with E-state index in [1.807, 2.05) is 31.2 Å². The molecule has 0 radical (unpaired) electrons. The summed E-state index contributed by atoms with van der Waals surface area (Å²) in [7, 11) is -3.26. The molecule has 0 saturated heterocycles. The molecule has 1 aromatic carbocycles. The maximum absolute atomic E-state index is 12.2. The lowest BCUT2D eigenvalue weighted by Crippen LogP contribution is -2.35. The molecule has 0 spiro atoms. The first kappa shape index (κ1) is 18.1. The van der Waals surface area contributed by atoms with Gasteiger partial charge in [-0.05, 0) is 30.5 Å². The van der Waals surface area contributed by atoms with Gasteiger partial charge >= 0.3 is 0 Å². The molecule has 120 valence electrons. The van der Waals surface area contributed by atoms with Crippen LogP contribution in [0.25, 0.3) is 0 Å². The summed E-state index contributed by atoms with van der Waals surface area (Å²) in [5.41, 5.74) is 2.00. The predicted molar refractivity (Wildman–Crippen MR) is 88.6 cm³/mol. The number of hydrogen-bond acceptors (Lipinski definition) is 3. The maximum atomic E-state index is 12.2. The van der Waals surface area contributed by atoms with Crippen molar-refractivity contribution in [3.05, 3.63) is 35.4 Å². The third-order valence-corrected chi connectivity index (χ3v) is 4.84. The fourth-order valence-corrected chi connectivity index (χ4v) is 3.74. The summed E-state index contributed by atoms with van der Waals surface area (Å²) in [4.78, 5) is 0. The van der Waals surface area contributed by atoms with Gasteiger partial charge in [0, 0.05) is 12.6 Å². The van der Waals surface area contributed by atoms with E-state index >= 15 is 0 Å². The van der Waals surface area contributed by atoms with Crippen LogP contribution in [0.2, 0.25) is 0 Å². The molecule has 0 saturated carbocycles. The number of sulfonamides is 1. The molecule has 2 N–H and O–H groups in total. The first-order chi connectivity index (χ1) is 10.0. The van der Waals surface area contributed by atoms with Crippen molar-refractivity contribution in [3.8, 4) is 0 Å². The molecular weight excluding hydrogens is 284 g/mol. The zero-order valence-electron chi connectivity index (χ0n) is 13.4. The van der Waals surface area contributed by atoms with Crippen LogP contribution < -0.4 is 10.0 Å². The molecule has 5 heteroatoms. The lowest BCUT2D eigenvalue weighted by molar-refractivity contribution is 0.512. The van der Waals surface area contributed by atoms with Gasteiger partial charge in [0.15, 0.2) is 0 Å². The van der Waals surface area contributed by atoms with Crippen LogP contribution in [0.4, 0.5) is 0 Å². The highest BCUT2D eigenvalue weighted by Crippen LogP contribution is 2.10. The Kier molecular flexibility index (Phi) is 7.93. The third kappa shape index (κ3) is 7.07. The highest BCUT2D eigenvalue weighted by molar-refractivity contribution is 7.88. The van der Waals surface area contributed by atoms with Crippen molar-refractivity contribution >= 4 is 10.0 Å². The van der Waals surface area contributed by atoms with Crippen LogP contribution >= 0.6 is 0 Å². The van der Waals surface area contributed by atoms with Crippen LogP contribution in [0.5, 0.6) is 0 Å². The van der Waals surface area contributed by atoms with Crippen LogP contribution in [0.15, 0.2) is 24.3 Å². The topological polar surface area (TPSA) is 58.2 Å². The van der Waals surface area contributed by atoms with Gasteiger partial charge in [-0.15, -0.1) is 0 Å². The summed E-state index contributed by atoms with van der Waals surface area (Å²) in [5.74, 6) is 0.0503. The van der Waals surface area contributed by atoms with Crippen molar-refractivity contribution in [1.82, 2.24) is 10.0 Å². The van der Waals surface area contributed by atoms with Crippen LogP contribution in [0.3, 0.4) is 0 Å². The highest BCUT2D eigenvalue weighted by Gasteiger charge is 2.16. The maximum Gasteiger partial charge on any atom is 0.216 e. The van der Waals surface area contributed by atoms with Gasteiger partial charge in [-0.3, -0.25) is 0 Å². The van der Waals surface area contributed by atoms with Gasteiger partial charge in [-0.25, -0.2) is 13.1 Å². The SMILES string of the molecule is CCCC(CC)NS(=O)(=O)Cc1ccc(CNCC)cc1. The van der Waals surface area contributed by atoms with Gasteiger partial charge in [-0.1, -0.05) is 51.5 Å². The number of hydrogen-bond donors (Lipinski definition) is 2. The quantitative estimate of drug-likeness (QED) is 0.698. The van der Waals surface area contributed by atoms with Gasteiger partial charge in [0.25, 0.3) is 0 Å². The average Bonchev–Trinajstić information content (AvgIpc) is 2.45. The Morgan fingerprint density at radius 3 is 2.19 bits per heavy atom. The number of nitrogens with one attached hydrogen (secondary N) is 2. The van der Waals surface area contributed by atoms with Crippen LogP contribution in [-0.4, -0.2) is 21.0 Å². The van der Waals surface area contributed by atoms with E-state index < -0.39 is 10.0 Å². The minimum absolute atomic E-state index is 0.0491. The lowest BCUT2D eigenvalue weighted by Gasteiger charge is -2.16. The summed E-state index contributed by atoms with van der Waals surface area (Å²) >= 11 is 0. The van der Waals surface area contributed by atoms with Crippen molar-refractivity contribution in [2.45, 2.75) is 58.4 Å². The molecule has 0 fully saturated rings. The summed E-state index contributed by atoms with van der Waals surface area (Å²) in [6, 6.07) is 7.81. The molecule has 4 nitrogen and oxygen atoms in total. The predicted octanol–water partition coefficient (Wildman–Crippen LogP) is 2.79. The molecule has 21 heavy (non-hydrogen) atoms. The molecular formula is C16H28N2O2S. The van der Waals surface area contributed by atoms with Gasteiger partial charge in [-0.2, -0.15) is 0 Å². The molecule has 0 bridgehead atoms. The Labute approximate surface area is 129 Å². The average molecular weight is 312 g/mol. The molecule has 1 unspecified atom stereocenters. The number of benzene rings is 1. The minimum Gasteiger partial charge on any atom is -0.313 e. The second-order valence-corrected chi connectivity index (χ2v) is 7.12. The van der Waals surface area contributed by atoms with Gasteiger partial charge in [0.05, 0.1) is 5.75 Å². The lowest BCUT2D eigenvalue weighted by atomic mass is 10.1. The summed E-state index contributed by atoms with van der Waals surface area (Å²) < 4.78 is 27.2. The van der Waals surface area contributed by atoms with E-state index in [-0.39, 0.29) is 11.8 Å². The van der Waals surface area contributed by atoms with Crippen molar-refractivity contribution in [2.24, 2.45) is 0 Å². The van der Waals surface area contributed by atoms with Gasteiger partial charge in [0.2, 0.25) is 10.0 Å².